The van der Waals surface area contributed by atoms with E-state index in [1.165, 1.54) is 6.07 Å². The Morgan fingerprint density at radius 1 is 1.50 bits per heavy atom. The Hall–Kier alpha value is -1.16. The van der Waals surface area contributed by atoms with E-state index in [0.717, 1.165) is 12.8 Å². The monoisotopic (exact) mass is 196 g/mol. The summed E-state index contributed by atoms with van der Waals surface area (Å²) in [5, 5.41) is 8.88. The molecule has 1 aromatic heterocycles. The van der Waals surface area contributed by atoms with Gasteiger partial charge < -0.3 is 10.0 Å². The summed E-state index contributed by atoms with van der Waals surface area (Å²) in [5.41, 5.74) is 0. The smallest absolute Gasteiger partial charge is 0.214 e. The lowest BCUT2D eigenvalue weighted by Gasteiger charge is -2.22. The zero-order valence-electron chi connectivity index (χ0n) is 7.86. The van der Waals surface area contributed by atoms with Crippen LogP contribution in [-0.2, 0) is 0 Å². The maximum absolute atomic E-state index is 12.9. The van der Waals surface area contributed by atoms with Gasteiger partial charge in [0, 0.05) is 12.6 Å². The summed E-state index contributed by atoms with van der Waals surface area (Å²) >= 11 is 0. The van der Waals surface area contributed by atoms with Crippen molar-refractivity contribution in [1.29, 1.82) is 0 Å². The predicted molar refractivity (Wildman–Crippen MR) is 51.6 cm³/mol. The molecule has 2 rings (SSSR count). The third-order valence-corrected chi connectivity index (χ3v) is 2.32. The first-order chi connectivity index (χ1) is 6.81. The fourth-order valence-corrected chi connectivity index (χ4v) is 1.54. The number of rotatable bonds is 4. The Morgan fingerprint density at radius 3 is 2.86 bits per heavy atom. The number of halogens is 1. The van der Waals surface area contributed by atoms with Crippen molar-refractivity contribution in [2.75, 3.05) is 18.1 Å². The first kappa shape index (κ1) is 9.40. The second kappa shape index (κ2) is 3.92. The third kappa shape index (κ3) is 2.01. The number of hydrogen-bond donors (Lipinski definition) is 1. The second-order valence-electron chi connectivity index (χ2n) is 3.47. The van der Waals surface area contributed by atoms with Crippen LogP contribution in [0.5, 0.6) is 0 Å². The summed E-state index contributed by atoms with van der Waals surface area (Å²) in [5.74, 6) is 0.160. The minimum Gasteiger partial charge on any atom is -0.395 e. The second-order valence-corrected chi connectivity index (χ2v) is 3.47. The number of aliphatic hydroxyl groups is 1. The average molecular weight is 196 g/mol. The number of aliphatic hydroxyl groups excluding tert-OH is 1. The van der Waals surface area contributed by atoms with Gasteiger partial charge in [0.25, 0.3) is 0 Å². The number of anilines is 1. The molecule has 1 heterocycles. The van der Waals surface area contributed by atoms with Gasteiger partial charge in [-0.25, -0.2) is 4.98 Å². The molecule has 0 amide bonds. The molecular formula is C10H13FN2O. The fraction of sp³-hybridized carbons (Fsp3) is 0.500. The van der Waals surface area contributed by atoms with E-state index in [2.05, 4.69) is 4.98 Å². The number of nitrogens with zero attached hydrogens (tertiary/aromatic N) is 2. The Labute approximate surface area is 82.2 Å². The SMILES string of the molecule is OCCN(c1cccc(F)n1)C1CC1. The van der Waals surface area contributed by atoms with Gasteiger partial charge in [0.05, 0.1) is 6.61 Å². The fourth-order valence-electron chi connectivity index (χ4n) is 1.54. The Morgan fingerprint density at radius 2 is 2.29 bits per heavy atom. The maximum atomic E-state index is 12.9. The lowest BCUT2D eigenvalue weighted by Crippen LogP contribution is -2.29. The van der Waals surface area contributed by atoms with Crippen molar-refractivity contribution in [3.05, 3.63) is 24.1 Å². The molecule has 0 aliphatic heterocycles. The van der Waals surface area contributed by atoms with Crippen LogP contribution in [0.3, 0.4) is 0 Å². The molecule has 0 aromatic carbocycles. The van der Waals surface area contributed by atoms with Crippen LogP contribution in [0.4, 0.5) is 10.2 Å². The molecule has 1 saturated carbocycles. The lowest BCUT2D eigenvalue weighted by molar-refractivity contribution is 0.301. The summed E-state index contributed by atoms with van der Waals surface area (Å²) in [4.78, 5) is 5.76. The van der Waals surface area contributed by atoms with Crippen molar-refractivity contribution < 1.29 is 9.50 Å². The molecule has 1 N–H and O–H groups in total. The van der Waals surface area contributed by atoms with Gasteiger partial charge in [0.15, 0.2) is 0 Å². The van der Waals surface area contributed by atoms with Crippen LogP contribution in [0.25, 0.3) is 0 Å². The van der Waals surface area contributed by atoms with Crippen LogP contribution >= 0.6 is 0 Å². The van der Waals surface area contributed by atoms with E-state index < -0.39 is 5.95 Å². The first-order valence-electron chi connectivity index (χ1n) is 4.81. The lowest BCUT2D eigenvalue weighted by atomic mass is 10.4. The molecule has 4 heteroatoms. The van der Waals surface area contributed by atoms with Gasteiger partial charge in [-0.05, 0) is 25.0 Å². The van der Waals surface area contributed by atoms with E-state index >= 15 is 0 Å². The largest absolute Gasteiger partial charge is 0.395 e. The van der Waals surface area contributed by atoms with Gasteiger partial charge in [-0.3, -0.25) is 0 Å². The first-order valence-corrected chi connectivity index (χ1v) is 4.81. The van der Waals surface area contributed by atoms with E-state index in [4.69, 9.17) is 5.11 Å². The zero-order valence-corrected chi connectivity index (χ0v) is 7.86. The highest BCUT2D eigenvalue weighted by Gasteiger charge is 2.29. The van der Waals surface area contributed by atoms with Gasteiger partial charge in [0.1, 0.15) is 5.82 Å². The van der Waals surface area contributed by atoms with Crippen LogP contribution in [0.2, 0.25) is 0 Å². The molecule has 14 heavy (non-hydrogen) atoms. The van der Waals surface area contributed by atoms with Crippen molar-refractivity contribution >= 4 is 5.82 Å². The molecule has 3 nitrogen and oxygen atoms in total. The molecule has 0 saturated heterocycles. The van der Waals surface area contributed by atoms with Crippen molar-refractivity contribution in [2.24, 2.45) is 0 Å². The van der Waals surface area contributed by atoms with Gasteiger partial charge in [-0.2, -0.15) is 4.39 Å². The number of hydrogen-bond acceptors (Lipinski definition) is 3. The Bertz CT molecular complexity index is 315. The highest BCUT2D eigenvalue weighted by atomic mass is 19.1. The van der Waals surface area contributed by atoms with E-state index in [9.17, 15) is 4.39 Å². The van der Waals surface area contributed by atoms with Crippen LogP contribution in [0, 0.1) is 5.95 Å². The van der Waals surface area contributed by atoms with Crippen LogP contribution in [0.1, 0.15) is 12.8 Å². The van der Waals surface area contributed by atoms with Crippen molar-refractivity contribution in [2.45, 2.75) is 18.9 Å². The summed E-state index contributed by atoms with van der Waals surface area (Å²) in [6.07, 6.45) is 2.22. The minimum absolute atomic E-state index is 0.0781. The quantitative estimate of drug-likeness (QED) is 0.735. The number of pyridine rings is 1. The van der Waals surface area contributed by atoms with Crippen LogP contribution in [0.15, 0.2) is 18.2 Å². The van der Waals surface area contributed by atoms with Crippen molar-refractivity contribution in [3.63, 3.8) is 0 Å². The molecule has 1 aromatic rings. The predicted octanol–water partition coefficient (Wildman–Crippen LogP) is 1.18. The minimum atomic E-state index is -0.467. The highest BCUT2D eigenvalue weighted by molar-refractivity contribution is 5.41. The topological polar surface area (TPSA) is 36.4 Å². The normalized spacial score (nSPS) is 15.6. The van der Waals surface area contributed by atoms with E-state index in [-0.39, 0.29) is 6.61 Å². The maximum Gasteiger partial charge on any atom is 0.214 e. The van der Waals surface area contributed by atoms with Crippen molar-refractivity contribution in [1.82, 2.24) is 4.98 Å². The van der Waals surface area contributed by atoms with E-state index in [1.54, 1.807) is 12.1 Å². The molecule has 76 valence electrons. The average Bonchev–Trinajstić information content (AvgIpc) is 2.97. The highest BCUT2D eigenvalue weighted by Crippen LogP contribution is 2.30. The summed E-state index contributed by atoms with van der Waals surface area (Å²) < 4.78 is 12.9. The molecule has 0 bridgehead atoms. The van der Waals surface area contributed by atoms with Gasteiger partial charge in [-0.15, -0.1) is 0 Å². The molecular weight excluding hydrogens is 183 g/mol. The molecule has 0 atom stereocenters. The number of aromatic nitrogens is 1. The summed E-state index contributed by atoms with van der Waals surface area (Å²) in [7, 11) is 0. The van der Waals surface area contributed by atoms with Crippen LogP contribution in [-0.4, -0.2) is 29.3 Å². The summed E-state index contributed by atoms with van der Waals surface area (Å²) in [6.45, 7) is 0.607. The van der Waals surface area contributed by atoms with Gasteiger partial charge >= 0.3 is 0 Å². The van der Waals surface area contributed by atoms with Gasteiger partial charge in [0.2, 0.25) is 5.95 Å². The molecule has 1 fully saturated rings. The molecule has 0 unspecified atom stereocenters. The van der Waals surface area contributed by atoms with E-state index in [0.29, 0.717) is 18.4 Å². The molecule has 1 aliphatic carbocycles. The summed E-state index contributed by atoms with van der Waals surface area (Å²) in [6, 6.07) is 5.19. The van der Waals surface area contributed by atoms with Gasteiger partial charge in [-0.1, -0.05) is 6.07 Å². The Kier molecular flexibility index (Phi) is 2.63. The molecule has 0 spiro atoms. The standard InChI is InChI=1S/C10H13FN2O/c11-9-2-1-3-10(12-9)13(6-7-14)8-4-5-8/h1-3,8,14H,4-7H2. The van der Waals surface area contributed by atoms with Crippen molar-refractivity contribution in [3.8, 4) is 0 Å². The molecule has 1 aliphatic rings. The van der Waals surface area contributed by atoms with E-state index in [1.807, 2.05) is 4.90 Å². The third-order valence-electron chi connectivity index (χ3n) is 2.32. The Balaban J connectivity index is 2.16. The zero-order chi connectivity index (χ0) is 9.97. The molecule has 0 radical (unpaired) electrons. The van der Waals surface area contributed by atoms with Crippen LogP contribution < -0.4 is 4.90 Å².